The molecule has 0 saturated heterocycles. The van der Waals surface area contributed by atoms with E-state index in [0.29, 0.717) is 5.01 Å². The van der Waals surface area contributed by atoms with E-state index in [1.807, 2.05) is 0 Å². The van der Waals surface area contributed by atoms with Gasteiger partial charge in [-0.1, -0.05) is 12.1 Å². The lowest BCUT2D eigenvalue weighted by atomic mass is 10.1. The van der Waals surface area contributed by atoms with Gasteiger partial charge in [0.1, 0.15) is 61.4 Å². The number of benzene rings is 6. The first kappa shape index (κ1) is 51.4. The number of phenols is 1. The smallest absolute Gasteiger partial charge is 0.355 e. The molecule has 6 aromatic carbocycles. The van der Waals surface area contributed by atoms with Crippen molar-refractivity contribution in [3.05, 3.63) is 91.0 Å². The summed E-state index contributed by atoms with van der Waals surface area (Å²) in [7, 11) is -15.2. The highest BCUT2D eigenvalue weighted by Gasteiger charge is 2.41. The largest absolute Gasteiger partial charge is 0.505 e. The number of aliphatic carboxylic acids is 1. The third kappa shape index (κ3) is 11.3. The van der Waals surface area contributed by atoms with Gasteiger partial charge in [-0.05, 0) is 100 Å². The lowest BCUT2D eigenvalue weighted by Crippen LogP contribution is -2.33. The van der Waals surface area contributed by atoms with E-state index >= 15 is 0 Å². The SMILES string of the molecule is C=S(O)c1cc(/N=N/c2cc(OCCO)c(/N=N/c3c(S(=O)(=O)O)cc4cc(/N=N/C5C(=O)N(c6ccc(S(=C)(=O)O)cc6)N=C5C(=O)O)ccc4c3O)cc2OCCO)cc2c(S(=O)(=O)O)cccc12. The van der Waals surface area contributed by atoms with Crippen molar-refractivity contribution in [3.8, 4) is 17.2 Å². The molecule has 370 valence electrons. The molecule has 0 aliphatic carbocycles. The fraction of sp³-hybridized carbons (Fsp3) is 0.119. The van der Waals surface area contributed by atoms with Gasteiger partial charge in [0, 0.05) is 27.8 Å². The number of carbonyl (C=O) groups excluding carboxylic acids is 1. The van der Waals surface area contributed by atoms with Gasteiger partial charge in [0.05, 0.1) is 35.2 Å². The van der Waals surface area contributed by atoms with Crippen LogP contribution in [-0.2, 0) is 39.6 Å². The van der Waals surface area contributed by atoms with E-state index in [0.717, 1.165) is 18.2 Å². The summed E-state index contributed by atoms with van der Waals surface area (Å²) in [6.07, 6.45) is 0. The Morgan fingerprint density at radius 1 is 0.732 bits per heavy atom. The molecular weight excluding hydrogens is 1020 g/mol. The number of hydrogen-bond acceptors (Lipinski definition) is 20. The molecule has 0 aromatic heterocycles. The Morgan fingerprint density at radius 3 is 1.92 bits per heavy atom. The minimum Gasteiger partial charge on any atom is -0.505 e. The quantitative estimate of drug-likeness (QED) is 0.0249. The Bertz CT molecular complexity index is 3660. The van der Waals surface area contributed by atoms with Crippen molar-refractivity contribution in [2.24, 2.45) is 35.8 Å². The van der Waals surface area contributed by atoms with Gasteiger partial charge in [-0.25, -0.2) is 9.00 Å². The van der Waals surface area contributed by atoms with E-state index in [-0.39, 0.29) is 84.5 Å². The minimum absolute atomic E-state index is 0.0146. The van der Waals surface area contributed by atoms with Crippen molar-refractivity contribution in [2.75, 3.05) is 31.4 Å². The van der Waals surface area contributed by atoms with Crippen molar-refractivity contribution in [1.29, 1.82) is 0 Å². The molecule has 6 aromatic rings. The molecule has 29 heteroatoms. The first-order valence-corrected chi connectivity index (χ1v) is 25.7. The average molecular weight is 1050 g/mol. The molecule has 1 aliphatic rings. The molecule has 25 nitrogen and oxygen atoms in total. The highest BCUT2D eigenvalue weighted by atomic mass is 32.2. The van der Waals surface area contributed by atoms with Gasteiger partial charge in [0.15, 0.2) is 11.5 Å². The van der Waals surface area contributed by atoms with Crippen LogP contribution in [0.4, 0.5) is 34.1 Å². The minimum atomic E-state index is -5.22. The molecule has 0 radical (unpaired) electrons. The number of aliphatic hydroxyl groups is 2. The number of phenolic OH excluding ortho intramolecular Hbond substituents is 1. The topological polar surface area (TPSA) is 390 Å². The Hall–Kier alpha value is -7.45. The van der Waals surface area contributed by atoms with E-state index in [1.165, 1.54) is 72.8 Å². The maximum Gasteiger partial charge on any atom is 0.355 e. The average Bonchev–Trinajstić information content (AvgIpc) is 3.65. The maximum absolute atomic E-state index is 13.3. The van der Waals surface area contributed by atoms with Gasteiger partial charge in [-0.2, -0.15) is 42.3 Å². The van der Waals surface area contributed by atoms with Gasteiger partial charge < -0.3 is 39.0 Å². The van der Waals surface area contributed by atoms with Gasteiger partial charge in [0.25, 0.3) is 26.1 Å². The monoisotopic (exact) mass is 1050 g/mol. The summed E-state index contributed by atoms with van der Waals surface area (Å²) < 4.78 is 114. The molecule has 0 spiro atoms. The Morgan fingerprint density at radius 2 is 1.35 bits per heavy atom. The number of ether oxygens (including phenoxy) is 2. The molecule has 3 unspecified atom stereocenters. The molecule has 0 saturated carbocycles. The number of anilines is 1. The highest BCUT2D eigenvalue weighted by Crippen LogP contribution is 2.46. The van der Waals surface area contributed by atoms with E-state index < -0.39 is 98.9 Å². The fourth-order valence-corrected chi connectivity index (χ4v) is 9.36. The molecule has 0 bridgehead atoms. The second-order valence-corrected chi connectivity index (χ2v) is 20.3. The molecule has 0 fully saturated rings. The number of hydrazone groups is 1. The number of rotatable bonds is 18. The number of azo groups is 3. The summed E-state index contributed by atoms with van der Waals surface area (Å²) in [5.41, 5.74) is -1.96. The van der Waals surface area contributed by atoms with Crippen LogP contribution < -0.4 is 14.5 Å². The first-order valence-electron chi connectivity index (χ1n) is 19.8. The second-order valence-electron chi connectivity index (χ2n) is 14.6. The third-order valence-corrected chi connectivity index (χ3v) is 13.5. The van der Waals surface area contributed by atoms with Crippen molar-refractivity contribution < 1.29 is 78.7 Å². The Balaban J connectivity index is 1.24. The van der Waals surface area contributed by atoms with Gasteiger partial charge >= 0.3 is 5.97 Å². The van der Waals surface area contributed by atoms with Crippen molar-refractivity contribution in [2.45, 2.75) is 25.6 Å². The zero-order valence-electron chi connectivity index (χ0n) is 35.9. The molecule has 71 heavy (non-hydrogen) atoms. The van der Waals surface area contributed by atoms with Crippen LogP contribution in [0.25, 0.3) is 21.5 Å². The fourth-order valence-electron chi connectivity index (χ4n) is 6.75. The maximum atomic E-state index is 13.3. The van der Waals surface area contributed by atoms with Crippen LogP contribution in [0.2, 0.25) is 0 Å². The lowest BCUT2D eigenvalue weighted by molar-refractivity contribution is -0.130. The van der Waals surface area contributed by atoms with Crippen LogP contribution in [0, 0.1) is 0 Å². The van der Waals surface area contributed by atoms with E-state index in [1.54, 1.807) is 0 Å². The van der Waals surface area contributed by atoms with Crippen LogP contribution >= 0.6 is 10.8 Å². The van der Waals surface area contributed by atoms with Crippen LogP contribution in [-0.4, -0.2) is 121 Å². The summed E-state index contributed by atoms with van der Waals surface area (Å²) in [6, 6.07) is 16.7. The standard InChI is InChI=1S/C42H36N8O17S4/c1-68(57)34-19-24(18-29-28(34)4-3-5-35(29)70(60,61)62)44-45-30-20-33(67-15-13-52)31(21-32(30)66-14-12-51)46-47-37-36(71(63,64)65)17-22-16-23(6-11-27(22)40(37)53)43-48-38-39(42(55)56)49-50(41(38)54)25-7-9-26(10-8-25)69(2,58)59/h3-11,16-21,38,51-53,57H,1-2,12-15H2,(H,55,56)(H,58,59)(H,60,61,62)(H,63,64,65)/b45-44+,47-46+,48-43+. The number of aliphatic hydroxyl groups excluding tert-OH is 2. The molecule has 3 atom stereocenters. The van der Waals surface area contributed by atoms with Gasteiger partial charge in [-0.3, -0.25) is 13.9 Å². The predicted octanol–water partition coefficient (Wildman–Crippen LogP) is 6.79. The summed E-state index contributed by atoms with van der Waals surface area (Å²) in [5.74, 6) is 3.04. The molecule has 1 aliphatic heterocycles. The number of carboxylic acids is 1. The number of fused-ring (bicyclic) bond motifs is 2. The van der Waals surface area contributed by atoms with Crippen molar-refractivity contribution >= 4 is 126 Å². The van der Waals surface area contributed by atoms with E-state index in [9.17, 15) is 69.3 Å². The molecule has 1 amide bonds. The molecular formula is C42H36N8O17S4. The van der Waals surface area contributed by atoms with Crippen LogP contribution in [0.5, 0.6) is 17.2 Å². The van der Waals surface area contributed by atoms with Gasteiger partial charge in [0.2, 0.25) is 6.04 Å². The number of amides is 1. The summed E-state index contributed by atoms with van der Waals surface area (Å²) in [5, 5.41) is 69.2. The highest BCUT2D eigenvalue weighted by molar-refractivity contribution is 8.09. The first-order chi connectivity index (χ1) is 33.5. The van der Waals surface area contributed by atoms with Gasteiger partial charge in [-0.15, -0.1) is 15.3 Å². The normalized spacial score (nSPS) is 15.8. The van der Waals surface area contributed by atoms with Crippen LogP contribution in [0.3, 0.4) is 0 Å². The van der Waals surface area contributed by atoms with Crippen LogP contribution in [0.1, 0.15) is 0 Å². The van der Waals surface area contributed by atoms with Crippen molar-refractivity contribution in [3.63, 3.8) is 0 Å². The van der Waals surface area contributed by atoms with E-state index in [2.05, 4.69) is 47.5 Å². The number of hydrogen-bond donors (Lipinski definition) is 8. The summed E-state index contributed by atoms with van der Waals surface area (Å²) >= 11 is 0. The number of aromatic hydroxyl groups is 1. The van der Waals surface area contributed by atoms with E-state index in [4.69, 9.17) is 9.47 Å². The third-order valence-electron chi connectivity index (χ3n) is 9.88. The Labute approximate surface area is 403 Å². The Kier molecular flexibility index (Phi) is 14.8. The van der Waals surface area contributed by atoms with Crippen molar-refractivity contribution in [1.82, 2.24) is 0 Å². The summed E-state index contributed by atoms with van der Waals surface area (Å²) in [4.78, 5) is 24.0. The lowest BCUT2D eigenvalue weighted by Gasteiger charge is -2.13. The number of carboxylic acid groups (broad SMARTS) is 1. The molecule has 8 N–H and O–H groups in total. The number of carbonyl (C=O) groups is 2. The second kappa shape index (κ2) is 20.5. The summed E-state index contributed by atoms with van der Waals surface area (Å²) in [6.45, 7) is -1.69. The zero-order valence-corrected chi connectivity index (χ0v) is 39.2. The zero-order chi connectivity index (χ0) is 51.6. The number of nitrogens with zero attached hydrogens (tertiary/aromatic N) is 8. The van der Waals surface area contributed by atoms with Crippen LogP contribution in [0.15, 0.2) is 146 Å². The molecule has 1 heterocycles. The predicted molar refractivity (Wildman–Crippen MR) is 258 cm³/mol. The molecule has 7 rings (SSSR count).